The van der Waals surface area contributed by atoms with Crippen LogP contribution in [-0.2, 0) is 0 Å². The Hall–Kier alpha value is -1.48. The highest BCUT2D eigenvalue weighted by Crippen LogP contribution is 2.42. The maximum absolute atomic E-state index is 6.17. The molecule has 4 heteroatoms. The molecule has 0 aromatic heterocycles. The summed E-state index contributed by atoms with van der Waals surface area (Å²) in [5, 5.41) is 0.675. The first-order chi connectivity index (χ1) is 7.83. The fraction of sp³-hybridized carbons (Fsp3) is 0.250. The summed E-state index contributed by atoms with van der Waals surface area (Å²) in [4.78, 5) is 12.2. The van der Waals surface area contributed by atoms with Gasteiger partial charge in [-0.15, -0.1) is 0 Å². The summed E-state index contributed by atoms with van der Waals surface area (Å²) in [6.45, 7) is 0. The van der Waals surface area contributed by atoms with Crippen molar-refractivity contribution in [3.8, 4) is 0 Å². The van der Waals surface area contributed by atoms with E-state index in [4.69, 9.17) is 11.6 Å². The lowest BCUT2D eigenvalue weighted by Crippen LogP contribution is -1.84. The van der Waals surface area contributed by atoms with Crippen LogP contribution < -0.4 is 0 Å². The van der Waals surface area contributed by atoms with Gasteiger partial charge in [0.05, 0.1) is 10.7 Å². The van der Waals surface area contributed by atoms with Crippen LogP contribution in [0.2, 0.25) is 5.02 Å². The molecule has 1 aromatic carbocycles. The minimum absolute atomic E-state index is 0.459. The first-order valence-corrected chi connectivity index (χ1v) is 5.65. The summed E-state index contributed by atoms with van der Waals surface area (Å²) in [6.07, 6.45) is 5.79. The number of aliphatic imine (C=N–C) groups is 3. The average Bonchev–Trinajstić information content (AvgIpc) is 3.01. The van der Waals surface area contributed by atoms with E-state index >= 15 is 0 Å². The molecular formula is C12H10ClN3. The molecule has 1 aliphatic carbocycles. The van der Waals surface area contributed by atoms with Crippen molar-refractivity contribution in [1.29, 1.82) is 0 Å². The Morgan fingerprint density at radius 1 is 1.19 bits per heavy atom. The van der Waals surface area contributed by atoms with E-state index in [-0.39, 0.29) is 0 Å². The maximum atomic E-state index is 6.17. The zero-order valence-electron chi connectivity index (χ0n) is 8.60. The predicted molar refractivity (Wildman–Crippen MR) is 67.5 cm³/mol. The smallest absolute Gasteiger partial charge is 0.218 e. The van der Waals surface area contributed by atoms with Crippen molar-refractivity contribution >= 4 is 35.7 Å². The second-order valence-corrected chi connectivity index (χ2v) is 4.36. The first kappa shape index (κ1) is 9.73. The molecular weight excluding hydrogens is 222 g/mol. The summed E-state index contributed by atoms with van der Waals surface area (Å²) in [5.74, 6) is 1.17. The van der Waals surface area contributed by atoms with E-state index in [9.17, 15) is 0 Å². The summed E-state index contributed by atoms with van der Waals surface area (Å²) in [7, 11) is 0. The Labute approximate surface area is 98.6 Å². The summed E-state index contributed by atoms with van der Waals surface area (Å²) in [6, 6.07) is 6.03. The van der Waals surface area contributed by atoms with E-state index in [1.807, 2.05) is 12.1 Å². The van der Waals surface area contributed by atoms with Crippen molar-refractivity contribution in [3.05, 3.63) is 28.8 Å². The minimum atomic E-state index is 0.459. The van der Waals surface area contributed by atoms with E-state index in [1.165, 1.54) is 18.4 Å². The highest BCUT2D eigenvalue weighted by atomic mass is 35.5. The molecule has 2 aliphatic rings. The Kier molecular flexibility index (Phi) is 2.33. The summed E-state index contributed by atoms with van der Waals surface area (Å²) >= 11 is 6.17. The fourth-order valence-electron chi connectivity index (χ4n) is 1.68. The van der Waals surface area contributed by atoms with Crippen LogP contribution >= 0.6 is 11.6 Å². The van der Waals surface area contributed by atoms with Crippen LogP contribution in [0.1, 0.15) is 24.3 Å². The molecule has 0 atom stereocenters. The molecule has 3 nitrogen and oxygen atoms in total. The monoisotopic (exact) mass is 231 g/mol. The van der Waals surface area contributed by atoms with Crippen LogP contribution in [-0.4, -0.2) is 18.4 Å². The highest BCUT2D eigenvalue weighted by Gasteiger charge is 2.23. The Balaban J connectivity index is 1.92. The third-order valence-corrected chi connectivity index (χ3v) is 2.99. The summed E-state index contributed by atoms with van der Waals surface area (Å²) in [5.41, 5.74) is 2.05. The lowest BCUT2D eigenvalue weighted by molar-refractivity contribution is 1.13. The molecule has 0 unspecified atom stereocenters. The lowest BCUT2D eigenvalue weighted by atomic mass is 10.1. The van der Waals surface area contributed by atoms with Gasteiger partial charge in [-0.2, -0.15) is 0 Å². The molecule has 1 aromatic rings. The largest absolute Gasteiger partial charge is 0.249 e. The zero-order chi connectivity index (χ0) is 11.0. The number of benzene rings is 1. The number of rotatable bonds is 2. The molecule has 1 fully saturated rings. The van der Waals surface area contributed by atoms with Crippen molar-refractivity contribution in [1.82, 2.24) is 0 Å². The van der Waals surface area contributed by atoms with Gasteiger partial charge in [-0.25, -0.2) is 15.0 Å². The highest BCUT2D eigenvalue weighted by molar-refractivity contribution is 6.33. The molecule has 1 aliphatic heterocycles. The molecule has 1 saturated carbocycles. The number of nitrogens with zero attached hydrogens (tertiary/aromatic N) is 3. The van der Waals surface area contributed by atoms with Gasteiger partial charge >= 0.3 is 0 Å². The second-order valence-electron chi connectivity index (χ2n) is 3.95. The summed E-state index contributed by atoms with van der Waals surface area (Å²) < 4.78 is 0. The molecule has 0 amide bonds. The lowest BCUT2D eigenvalue weighted by Gasteiger charge is -2.02. The molecule has 0 radical (unpaired) electrons. The van der Waals surface area contributed by atoms with Crippen LogP contribution in [0.3, 0.4) is 0 Å². The van der Waals surface area contributed by atoms with Gasteiger partial charge in [-0.1, -0.05) is 17.7 Å². The standard InChI is InChI=1S/C12H10ClN3/c13-10-7-9(8-1-2-8)3-4-11(10)16-12-14-5-6-15-12/h3-8H,1-2H2. The minimum Gasteiger partial charge on any atom is -0.218 e. The molecule has 0 spiro atoms. The third kappa shape index (κ3) is 1.91. The van der Waals surface area contributed by atoms with Crippen molar-refractivity contribution in [2.75, 3.05) is 0 Å². The topological polar surface area (TPSA) is 37.1 Å². The van der Waals surface area contributed by atoms with E-state index in [0.717, 1.165) is 5.69 Å². The van der Waals surface area contributed by atoms with E-state index in [2.05, 4.69) is 21.0 Å². The van der Waals surface area contributed by atoms with Crippen molar-refractivity contribution in [3.63, 3.8) is 0 Å². The van der Waals surface area contributed by atoms with Gasteiger partial charge in [-0.3, -0.25) is 0 Å². The number of hydrogen-bond donors (Lipinski definition) is 0. The molecule has 0 N–H and O–H groups in total. The fourth-order valence-corrected chi connectivity index (χ4v) is 1.91. The van der Waals surface area contributed by atoms with Gasteiger partial charge in [0.25, 0.3) is 0 Å². The molecule has 0 bridgehead atoms. The Bertz CT molecular complexity index is 499. The van der Waals surface area contributed by atoms with Gasteiger partial charge < -0.3 is 0 Å². The molecule has 0 saturated heterocycles. The Morgan fingerprint density at radius 2 is 1.94 bits per heavy atom. The second kappa shape index (κ2) is 3.83. The van der Waals surface area contributed by atoms with Crippen molar-refractivity contribution in [2.24, 2.45) is 15.0 Å². The SMILES string of the molecule is Clc1cc(C2CC2)ccc1N=C1N=CC=N1. The third-order valence-electron chi connectivity index (χ3n) is 2.69. The molecule has 80 valence electrons. The van der Waals surface area contributed by atoms with Crippen LogP contribution in [0.5, 0.6) is 0 Å². The quantitative estimate of drug-likeness (QED) is 0.749. The van der Waals surface area contributed by atoms with Crippen molar-refractivity contribution in [2.45, 2.75) is 18.8 Å². The molecule has 1 heterocycles. The van der Waals surface area contributed by atoms with Crippen LogP contribution in [0.25, 0.3) is 0 Å². The average molecular weight is 232 g/mol. The first-order valence-electron chi connectivity index (χ1n) is 5.28. The van der Waals surface area contributed by atoms with Gasteiger partial charge in [-0.05, 0) is 36.5 Å². The Morgan fingerprint density at radius 3 is 2.56 bits per heavy atom. The van der Waals surface area contributed by atoms with Gasteiger partial charge in [0, 0.05) is 12.4 Å². The van der Waals surface area contributed by atoms with Gasteiger partial charge in [0.2, 0.25) is 5.96 Å². The zero-order valence-corrected chi connectivity index (χ0v) is 9.35. The van der Waals surface area contributed by atoms with Crippen molar-refractivity contribution < 1.29 is 0 Å². The number of guanidine groups is 1. The molecule has 16 heavy (non-hydrogen) atoms. The predicted octanol–water partition coefficient (Wildman–Crippen LogP) is 3.36. The maximum Gasteiger partial charge on any atom is 0.249 e. The van der Waals surface area contributed by atoms with E-state index in [0.29, 0.717) is 16.9 Å². The number of hydrogen-bond acceptors (Lipinski definition) is 1. The van der Waals surface area contributed by atoms with Gasteiger partial charge in [0.1, 0.15) is 0 Å². The van der Waals surface area contributed by atoms with Crippen LogP contribution in [0.4, 0.5) is 5.69 Å². The van der Waals surface area contributed by atoms with Crippen LogP contribution in [0.15, 0.2) is 33.2 Å². The van der Waals surface area contributed by atoms with E-state index in [1.54, 1.807) is 12.4 Å². The number of halogens is 1. The van der Waals surface area contributed by atoms with Crippen LogP contribution in [0, 0.1) is 0 Å². The normalized spacial score (nSPS) is 18.2. The van der Waals surface area contributed by atoms with E-state index < -0.39 is 0 Å². The van der Waals surface area contributed by atoms with Gasteiger partial charge in [0.15, 0.2) is 0 Å². The molecule has 3 rings (SSSR count).